The number of hydrogen-bond acceptors (Lipinski definition) is 3. The van der Waals surface area contributed by atoms with Gasteiger partial charge in [-0.15, -0.1) is 11.3 Å². The molecule has 0 aliphatic carbocycles. The van der Waals surface area contributed by atoms with E-state index >= 15 is 0 Å². The molecular formula is C20H21N3O2S. The fourth-order valence-electron chi connectivity index (χ4n) is 3.56. The summed E-state index contributed by atoms with van der Waals surface area (Å²) in [6, 6.07) is 11.7. The zero-order valence-electron chi connectivity index (χ0n) is 14.7. The Balaban J connectivity index is 1.52. The third kappa shape index (κ3) is 3.01. The first-order valence-corrected chi connectivity index (χ1v) is 9.69. The second kappa shape index (κ2) is 6.96. The van der Waals surface area contributed by atoms with E-state index in [1.165, 1.54) is 11.3 Å². The van der Waals surface area contributed by atoms with E-state index in [1.54, 1.807) is 0 Å². The summed E-state index contributed by atoms with van der Waals surface area (Å²) in [6.07, 6.45) is 2.71. The molecule has 134 valence electrons. The molecular weight excluding hydrogens is 346 g/mol. The number of hydrogen-bond donors (Lipinski definition) is 0. The van der Waals surface area contributed by atoms with E-state index in [1.807, 2.05) is 69.4 Å². The van der Waals surface area contributed by atoms with Gasteiger partial charge in [-0.1, -0.05) is 24.3 Å². The number of benzene rings is 1. The highest BCUT2D eigenvalue weighted by Crippen LogP contribution is 2.22. The highest BCUT2D eigenvalue weighted by atomic mass is 32.1. The molecule has 1 fully saturated rings. The molecule has 3 heterocycles. The van der Waals surface area contributed by atoms with Crippen molar-refractivity contribution in [1.82, 2.24) is 14.4 Å². The van der Waals surface area contributed by atoms with E-state index in [9.17, 15) is 9.59 Å². The van der Waals surface area contributed by atoms with Crippen LogP contribution in [0.1, 0.15) is 26.5 Å². The van der Waals surface area contributed by atoms with Crippen LogP contribution in [0, 0.1) is 0 Å². The zero-order valence-corrected chi connectivity index (χ0v) is 15.5. The third-order valence-corrected chi connectivity index (χ3v) is 5.79. The number of carbonyl (C=O) groups excluding carboxylic acids is 2. The predicted octanol–water partition coefficient (Wildman–Crippen LogP) is 3.23. The molecule has 0 atom stereocenters. The average molecular weight is 367 g/mol. The smallest absolute Gasteiger partial charge is 0.263 e. The predicted molar refractivity (Wildman–Crippen MR) is 104 cm³/mol. The van der Waals surface area contributed by atoms with Crippen LogP contribution in [0.5, 0.6) is 0 Å². The lowest BCUT2D eigenvalue weighted by Crippen LogP contribution is -2.37. The van der Waals surface area contributed by atoms with Gasteiger partial charge in [-0.05, 0) is 23.9 Å². The van der Waals surface area contributed by atoms with Gasteiger partial charge in [0, 0.05) is 50.3 Å². The van der Waals surface area contributed by atoms with Crippen molar-refractivity contribution in [3.05, 3.63) is 58.4 Å². The Kier molecular flexibility index (Phi) is 4.51. The molecule has 0 spiro atoms. The minimum Gasteiger partial charge on any atom is -0.350 e. The molecule has 5 nitrogen and oxygen atoms in total. The van der Waals surface area contributed by atoms with Crippen molar-refractivity contribution in [2.75, 3.05) is 26.2 Å². The summed E-state index contributed by atoms with van der Waals surface area (Å²) < 4.78 is 1.99. The molecule has 26 heavy (non-hydrogen) atoms. The number of aryl methyl sites for hydroxylation is 1. The van der Waals surface area contributed by atoms with E-state index in [4.69, 9.17) is 0 Å². The van der Waals surface area contributed by atoms with E-state index in [0.29, 0.717) is 26.2 Å². The molecule has 1 aliphatic heterocycles. The molecule has 1 saturated heterocycles. The highest BCUT2D eigenvalue weighted by molar-refractivity contribution is 7.12. The number of amides is 2. The molecule has 0 saturated carbocycles. The van der Waals surface area contributed by atoms with Gasteiger partial charge < -0.3 is 14.4 Å². The minimum atomic E-state index is 0.0484. The van der Waals surface area contributed by atoms with Crippen LogP contribution in [0.15, 0.2) is 48.0 Å². The summed E-state index contributed by atoms with van der Waals surface area (Å²) in [4.78, 5) is 30.2. The van der Waals surface area contributed by atoms with Gasteiger partial charge >= 0.3 is 0 Å². The average Bonchev–Trinajstić information content (AvgIpc) is 3.23. The van der Waals surface area contributed by atoms with Crippen molar-refractivity contribution in [3.8, 4) is 0 Å². The molecule has 1 aromatic carbocycles. The van der Waals surface area contributed by atoms with Crippen molar-refractivity contribution in [2.45, 2.75) is 6.42 Å². The van der Waals surface area contributed by atoms with Gasteiger partial charge in [-0.3, -0.25) is 9.59 Å². The number of nitrogens with zero attached hydrogens (tertiary/aromatic N) is 3. The molecule has 0 bridgehead atoms. The minimum absolute atomic E-state index is 0.0484. The lowest BCUT2D eigenvalue weighted by molar-refractivity contribution is 0.0722. The number of fused-ring (bicyclic) bond motifs is 1. The van der Waals surface area contributed by atoms with E-state index in [0.717, 1.165) is 27.8 Å². The van der Waals surface area contributed by atoms with Crippen molar-refractivity contribution < 1.29 is 9.59 Å². The largest absolute Gasteiger partial charge is 0.350 e. The van der Waals surface area contributed by atoms with Crippen LogP contribution in [0.3, 0.4) is 0 Å². The molecule has 0 unspecified atom stereocenters. The lowest BCUT2D eigenvalue weighted by atomic mass is 10.1. The van der Waals surface area contributed by atoms with Crippen LogP contribution in [0.4, 0.5) is 0 Å². The zero-order chi connectivity index (χ0) is 18.1. The normalized spacial score (nSPS) is 15.3. The number of rotatable bonds is 2. The first kappa shape index (κ1) is 16.8. The Morgan fingerprint density at radius 1 is 0.923 bits per heavy atom. The van der Waals surface area contributed by atoms with E-state index in [-0.39, 0.29) is 11.8 Å². The van der Waals surface area contributed by atoms with Crippen LogP contribution in [0.2, 0.25) is 0 Å². The van der Waals surface area contributed by atoms with Gasteiger partial charge in [-0.2, -0.15) is 0 Å². The Hall–Kier alpha value is -2.60. The summed E-state index contributed by atoms with van der Waals surface area (Å²) in [5.74, 6) is 0.117. The van der Waals surface area contributed by atoms with Crippen molar-refractivity contribution >= 4 is 34.1 Å². The summed E-state index contributed by atoms with van der Waals surface area (Å²) >= 11 is 1.47. The highest BCUT2D eigenvalue weighted by Gasteiger charge is 2.25. The summed E-state index contributed by atoms with van der Waals surface area (Å²) in [6.45, 7) is 2.51. The number of para-hydroxylation sites is 1. The number of aromatic nitrogens is 1. The first-order chi connectivity index (χ1) is 12.6. The van der Waals surface area contributed by atoms with E-state index in [2.05, 4.69) is 0 Å². The molecule has 2 amide bonds. The SMILES string of the molecule is Cn1cc(C(=O)N2CCCN(C(=O)c3cccs3)CC2)c2ccccc21. The van der Waals surface area contributed by atoms with Gasteiger partial charge in [0.2, 0.25) is 0 Å². The van der Waals surface area contributed by atoms with Crippen LogP contribution >= 0.6 is 11.3 Å². The van der Waals surface area contributed by atoms with Gasteiger partial charge in [-0.25, -0.2) is 0 Å². The monoisotopic (exact) mass is 367 g/mol. The number of thiophene rings is 1. The number of carbonyl (C=O) groups is 2. The van der Waals surface area contributed by atoms with Gasteiger partial charge in [0.1, 0.15) is 0 Å². The summed E-state index contributed by atoms with van der Waals surface area (Å²) in [7, 11) is 1.96. The fourth-order valence-corrected chi connectivity index (χ4v) is 4.25. The van der Waals surface area contributed by atoms with Gasteiger partial charge in [0.25, 0.3) is 11.8 Å². The van der Waals surface area contributed by atoms with Gasteiger partial charge in [0.15, 0.2) is 0 Å². The fraction of sp³-hybridized carbons (Fsp3) is 0.300. The molecule has 4 rings (SSSR count). The van der Waals surface area contributed by atoms with Crippen molar-refractivity contribution in [1.29, 1.82) is 0 Å². The Bertz CT molecular complexity index is 945. The molecule has 2 aromatic heterocycles. The van der Waals surface area contributed by atoms with Crippen LogP contribution in [0.25, 0.3) is 10.9 Å². The molecule has 6 heteroatoms. The van der Waals surface area contributed by atoms with Crippen molar-refractivity contribution in [2.24, 2.45) is 7.05 Å². The lowest BCUT2D eigenvalue weighted by Gasteiger charge is -2.21. The maximum absolute atomic E-state index is 13.1. The quantitative estimate of drug-likeness (QED) is 0.698. The molecule has 1 aliphatic rings. The molecule has 0 N–H and O–H groups in total. The van der Waals surface area contributed by atoms with Gasteiger partial charge in [0.05, 0.1) is 10.4 Å². The van der Waals surface area contributed by atoms with Crippen LogP contribution < -0.4 is 0 Å². The van der Waals surface area contributed by atoms with Crippen molar-refractivity contribution in [3.63, 3.8) is 0 Å². The Labute approximate surface area is 156 Å². The van der Waals surface area contributed by atoms with Crippen LogP contribution in [-0.2, 0) is 7.05 Å². The maximum atomic E-state index is 13.1. The first-order valence-electron chi connectivity index (χ1n) is 8.81. The molecule has 3 aromatic rings. The summed E-state index contributed by atoms with van der Waals surface area (Å²) in [5.41, 5.74) is 1.79. The maximum Gasteiger partial charge on any atom is 0.263 e. The third-order valence-electron chi connectivity index (χ3n) is 4.93. The topological polar surface area (TPSA) is 45.6 Å². The second-order valence-electron chi connectivity index (χ2n) is 6.59. The Morgan fingerprint density at radius 3 is 2.38 bits per heavy atom. The Morgan fingerprint density at radius 2 is 1.65 bits per heavy atom. The second-order valence-corrected chi connectivity index (χ2v) is 7.53. The summed E-state index contributed by atoms with van der Waals surface area (Å²) in [5, 5.41) is 2.90. The van der Waals surface area contributed by atoms with Crippen LogP contribution in [-0.4, -0.2) is 52.4 Å². The van der Waals surface area contributed by atoms with E-state index < -0.39 is 0 Å². The standard InChI is InChI=1S/C20H21N3O2S/c1-21-14-16(15-6-2-3-7-17(15)21)19(24)22-9-5-10-23(12-11-22)20(25)18-8-4-13-26-18/h2-4,6-8,13-14H,5,9-12H2,1H3. The molecule has 0 radical (unpaired) electrons.